The number of hydrogen-bond donors (Lipinski definition) is 2. The van der Waals surface area contributed by atoms with Crippen molar-refractivity contribution in [1.82, 2.24) is 4.98 Å². The highest BCUT2D eigenvalue weighted by molar-refractivity contribution is 7.18. The first kappa shape index (κ1) is 18.3. The zero-order valence-corrected chi connectivity index (χ0v) is 15.0. The van der Waals surface area contributed by atoms with Gasteiger partial charge in [0.1, 0.15) is 11.6 Å². The quantitative estimate of drug-likeness (QED) is 0.467. The van der Waals surface area contributed by atoms with Gasteiger partial charge in [-0.1, -0.05) is 12.1 Å². The van der Waals surface area contributed by atoms with Gasteiger partial charge in [0.2, 0.25) is 0 Å². The van der Waals surface area contributed by atoms with E-state index in [1.54, 1.807) is 17.4 Å². The van der Waals surface area contributed by atoms with Crippen LogP contribution >= 0.6 is 11.3 Å². The number of carboxylic acid groups (broad SMARTS) is 1. The number of anilines is 2. The Morgan fingerprint density at radius 3 is 2.74 bits per heavy atom. The number of aromatic nitrogens is 1. The predicted molar refractivity (Wildman–Crippen MR) is 105 cm³/mol. The fourth-order valence-electron chi connectivity index (χ4n) is 2.77. The topological polar surface area (TPSA) is 86.0 Å². The zero-order valence-electron chi connectivity index (χ0n) is 14.2. The van der Waals surface area contributed by atoms with Crippen LogP contribution in [0.4, 0.5) is 15.9 Å². The molecule has 0 bridgehead atoms. The Balaban J connectivity index is 0.000000659. The second-order valence-corrected chi connectivity index (χ2v) is 6.63. The molecular weight excluding hydrogens is 365 g/mol. The van der Waals surface area contributed by atoms with Gasteiger partial charge < -0.3 is 10.4 Å². The monoisotopic (exact) mass is 379 g/mol. The molecule has 2 aromatic carbocycles. The third-order valence-electron chi connectivity index (χ3n) is 3.84. The average molecular weight is 379 g/mol. The van der Waals surface area contributed by atoms with Gasteiger partial charge in [0, 0.05) is 21.2 Å². The van der Waals surface area contributed by atoms with Crippen LogP contribution in [0.2, 0.25) is 0 Å². The summed E-state index contributed by atoms with van der Waals surface area (Å²) < 4.78 is 14.8. The molecule has 0 spiro atoms. The van der Waals surface area contributed by atoms with Crippen LogP contribution in [-0.4, -0.2) is 16.6 Å². The van der Waals surface area contributed by atoms with Crippen molar-refractivity contribution in [1.29, 1.82) is 5.26 Å². The number of hydrogen-bond acceptors (Lipinski definition) is 5. The molecule has 4 rings (SSSR count). The third kappa shape index (κ3) is 3.86. The number of rotatable bonds is 2. The number of benzene rings is 2. The van der Waals surface area contributed by atoms with E-state index in [4.69, 9.17) is 20.1 Å². The molecule has 0 amide bonds. The maximum absolute atomic E-state index is 13.7. The normalized spacial score (nSPS) is 10.1. The number of carbonyl (C=O) groups is 1. The van der Waals surface area contributed by atoms with E-state index in [9.17, 15) is 4.39 Å². The summed E-state index contributed by atoms with van der Waals surface area (Å²) >= 11 is 1.65. The van der Waals surface area contributed by atoms with Gasteiger partial charge in [-0.15, -0.1) is 11.3 Å². The molecule has 27 heavy (non-hydrogen) atoms. The summed E-state index contributed by atoms with van der Waals surface area (Å²) in [7, 11) is 0. The van der Waals surface area contributed by atoms with Crippen LogP contribution in [-0.2, 0) is 4.79 Å². The van der Waals surface area contributed by atoms with Crippen LogP contribution in [0.15, 0.2) is 47.8 Å². The molecule has 5 nitrogen and oxygen atoms in total. The molecule has 0 saturated heterocycles. The minimum Gasteiger partial charge on any atom is -0.483 e. The molecule has 2 N–H and O–H groups in total. The maximum atomic E-state index is 13.7. The first-order valence-electron chi connectivity index (χ1n) is 7.89. The van der Waals surface area contributed by atoms with Crippen LogP contribution in [0, 0.1) is 24.1 Å². The molecule has 4 aromatic rings. The summed E-state index contributed by atoms with van der Waals surface area (Å²) in [4.78, 5) is 13.1. The molecule has 0 aliphatic heterocycles. The van der Waals surface area contributed by atoms with E-state index in [2.05, 4.69) is 17.4 Å². The van der Waals surface area contributed by atoms with Gasteiger partial charge in [0.25, 0.3) is 6.47 Å². The first-order valence-corrected chi connectivity index (χ1v) is 8.77. The lowest BCUT2D eigenvalue weighted by atomic mass is 10.1. The van der Waals surface area contributed by atoms with E-state index in [-0.39, 0.29) is 12.0 Å². The first-order chi connectivity index (χ1) is 13.0. The molecule has 0 radical (unpaired) electrons. The minimum absolute atomic E-state index is 0.250. The van der Waals surface area contributed by atoms with Crippen LogP contribution < -0.4 is 5.32 Å². The number of aryl methyl sites for hydroxylation is 1. The van der Waals surface area contributed by atoms with E-state index >= 15 is 0 Å². The molecule has 2 aromatic heterocycles. The average Bonchev–Trinajstić information content (AvgIpc) is 3.12. The van der Waals surface area contributed by atoms with Crippen molar-refractivity contribution in [3.63, 3.8) is 0 Å². The number of pyridine rings is 1. The van der Waals surface area contributed by atoms with Gasteiger partial charge in [-0.2, -0.15) is 5.26 Å². The van der Waals surface area contributed by atoms with E-state index in [1.807, 2.05) is 30.5 Å². The largest absolute Gasteiger partial charge is 0.483 e. The summed E-state index contributed by atoms with van der Waals surface area (Å²) in [6.45, 7) is 1.78. The van der Waals surface area contributed by atoms with Crippen LogP contribution in [0.5, 0.6) is 0 Å². The van der Waals surface area contributed by atoms with Crippen LogP contribution in [0.3, 0.4) is 0 Å². The summed E-state index contributed by atoms with van der Waals surface area (Å²) in [6.07, 6.45) is 0. The van der Waals surface area contributed by atoms with E-state index in [1.165, 1.54) is 12.1 Å². The molecule has 0 aliphatic rings. The Kier molecular flexibility index (Phi) is 5.29. The molecule has 0 aliphatic carbocycles. The Bertz CT molecular complexity index is 1180. The number of thiophene rings is 1. The van der Waals surface area contributed by atoms with Crippen molar-refractivity contribution in [2.24, 2.45) is 0 Å². The van der Waals surface area contributed by atoms with Gasteiger partial charge in [-0.3, -0.25) is 4.79 Å². The second kappa shape index (κ2) is 7.81. The minimum atomic E-state index is -0.449. The van der Waals surface area contributed by atoms with Gasteiger partial charge in [0.15, 0.2) is 0 Å². The maximum Gasteiger partial charge on any atom is 0.290 e. The molecule has 134 valence electrons. The number of nitrogens with one attached hydrogen (secondary N) is 1. The van der Waals surface area contributed by atoms with Crippen molar-refractivity contribution in [2.75, 3.05) is 5.32 Å². The van der Waals surface area contributed by atoms with Crippen LogP contribution in [0.25, 0.3) is 21.0 Å². The van der Waals surface area contributed by atoms with E-state index < -0.39 is 5.82 Å². The lowest BCUT2D eigenvalue weighted by Crippen LogP contribution is -1.96. The molecule has 0 atom stereocenters. The highest BCUT2D eigenvalue weighted by Crippen LogP contribution is 2.35. The van der Waals surface area contributed by atoms with Gasteiger partial charge in [-0.05, 0) is 48.2 Å². The SMILES string of the molecule is Cc1ccc2c(c1)nc(Nc1cc(F)cc(C#N)c1)c1ccsc12.O=CO. The van der Waals surface area contributed by atoms with Crippen molar-refractivity contribution >= 4 is 50.3 Å². The van der Waals surface area contributed by atoms with Crippen LogP contribution in [0.1, 0.15) is 11.1 Å². The molecule has 2 heterocycles. The Morgan fingerprint density at radius 1 is 1.22 bits per heavy atom. The summed E-state index contributed by atoms with van der Waals surface area (Å²) in [6, 6.07) is 14.3. The smallest absolute Gasteiger partial charge is 0.290 e. The fourth-order valence-corrected chi connectivity index (χ4v) is 3.70. The van der Waals surface area contributed by atoms with Crippen molar-refractivity contribution in [3.8, 4) is 6.07 Å². The third-order valence-corrected chi connectivity index (χ3v) is 4.79. The fraction of sp³-hybridized carbons (Fsp3) is 0.0500. The van der Waals surface area contributed by atoms with Crippen molar-refractivity contribution < 1.29 is 14.3 Å². The summed E-state index contributed by atoms with van der Waals surface area (Å²) in [5, 5.41) is 23.2. The highest BCUT2D eigenvalue weighted by atomic mass is 32.1. The highest BCUT2D eigenvalue weighted by Gasteiger charge is 2.11. The lowest BCUT2D eigenvalue weighted by molar-refractivity contribution is -0.122. The number of fused-ring (bicyclic) bond motifs is 3. The summed E-state index contributed by atoms with van der Waals surface area (Å²) in [5.74, 6) is 0.216. The predicted octanol–water partition coefficient (Wildman–Crippen LogP) is 5.21. The number of nitriles is 1. The molecule has 0 fully saturated rings. The summed E-state index contributed by atoms with van der Waals surface area (Å²) in [5.41, 5.74) is 2.81. The number of halogens is 1. The molecular formula is C20H14FN3O2S. The number of nitrogens with zero attached hydrogens (tertiary/aromatic N) is 2. The Morgan fingerprint density at radius 2 is 2.00 bits per heavy atom. The second-order valence-electron chi connectivity index (χ2n) is 5.72. The van der Waals surface area contributed by atoms with E-state index in [0.717, 1.165) is 26.6 Å². The van der Waals surface area contributed by atoms with Gasteiger partial charge in [-0.25, -0.2) is 9.37 Å². The lowest BCUT2D eigenvalue weighted by Gasteiger charge is -2.10. The molecule has 7 heteroatoms. The van der Waals surface area contributed by atoms with Crippen molar-refractivity contribution in [3.05, 3.63) is 64.8 Å². The Hall–Kier alpha value is -3.50. The molecule has 0 saturated carbocycles. The molecule has 0 unspecified atom stereocenters. The van der Waals surface area contributed by atoms with Crippen molar-refractivity contribution in [2.45, 2.75) is 6.92 Å². The van der Waals surface area contributed by atoms with E-state index in [0.29, 0.717) is 11.5 Å². The zero-order chi connectivity index (χ0) is 19.4. The Labute approximate surface area is 158 Å². The van der Waals surface area contributed by atoms with Gasteiger partial charge in [0.05, 0.1) is 17.1 Å². The van der Waals surface area contributed by atoms with Gasteiger partial charge >= 0.3 is 0 Å². The standard InChI is InChI=1S/C19H12FN3S.CH2O2/c1-11-2-3-15-17(6-11)23-19(16-4-5-24-18(15)16)22-14-8-12(10-21)7-13(20)9-14;2-1-3/h2-9H,1H3,(H,22,23);1H,(H,2,3).